The quantitative estimate of drug-likeness (QED) is 0.412. The highest BCUT2D eigenvalue weighted by Crippen LogP contribution is 2.37. The highest BCUT2D eigenvalue weighted by Gasteiger charge is 2.34. The van der Waals surface area contributed by atoms with Gasteiger partial charge in [-0.3, -0.25) is 9.59 Å². The maximum atomic E-state index is 13.7. The van der Waals surface area contributed by atoms with Crippen LogP contribution in [0.5, 0.6) is 0 Å². The van der Waals surface area contributed by atoms with Gasteiger partial charge in [0, 0.05) is 27.5 Å². The summed E-state index contributed by atoms with van der Waals surface area (Å²) in [6.07, 6.45) is 1.64. The van der Waals surface area contributed by atoms with Gasteiger partial charge in [0.25, 0.3) is 5.91 Å². The van der Waals surface area contributed by atoms with Crippen molar-refractivity contribution in [1.29, 1.82) is 0 Å². The van der Waals surface area contributed by atoms with Crippen LogP contribution in [0.15, 0.2) is 70.5 Å². The van der Waals surface area contributed by atoms with Crippen molar-refractivity contribution < 1.29 is 9.59 Å². The molecule has 4 nitrogen and oxygen atoms in total. The maximum Gasteiger partial charge on any atom is 0.254 e. The zero-order chi connectivity index (χ0) is 22.7. The second-order valence-corrected chi connectivity index (χ2v) is 10.1. The van der Waals surface area contributed by atoms with Crippen LogP contribution in [0.3, 0.4) is 0 Å². The van der Waals surface area contributed by atoms with Crippen LogP contribution in [-0.4, -0.2) is 40.7 Å². The van der Waals surface area contributed by atoms with Crippen LogP contribution in [-0.2, 0) is 11.2 Å². The fourth-order valence-corrected chi connectivity index (χ4v) is 5.39. The first-order valence-electron chi connectivity index (χ1n) is 11.0. The molecule has 0 saturated heterocycles. The van der Waals surface area contributed by atoms with Gasteiger partial charge in [0.2, 0.25) is 5.91 Å². The minimum atomic E-state index is -0.111. The van der Waals surface area contributed by atoms with E-state index in [4.69, 9.17) is 0 Å². The summed E-state index contributed by atoms with van der Waals surface area (Å²) in [6.45, 7) is 4.79. The number of carbonyl (C=O) groups is 2. The Morgan fingerprint density at radius 3 is 2.53 bits per heavy atom. The fourth-order valence-electron chi connectivity index (χ4n) is 4.22. The summed E-state index contributed by atoms with van der Waals surface area (Å²) in [7, 11) is 0. The standard InChI is InChI=1S/C26H27BrN2O2S/c1-3-18(2)29(26(31)20-9-11-21(27)12-10-20)17-24(30)28-15-13-23-22(14-16-32-23)25(28)19-7-5-4-6-8-19/h4-12,14,16,18,25H,3,13,15,17H2,1-2H3. The van der Waals surface area contributed by atoms with Gasteiger partial charge in [-0.25, -0.2) is 0 Å². The molecular formula is C26H27BrN2O2S. The number of amides is 2. The van der Waals surface area contributed by atoms with Crippen molar-refractivity contribution in [2.24, 2.45) is 0 Å². The van der Waals surface area contributed by atoms with Gasteiger partial charge in [-0.05, 0) is 66.6 Å². The van der Waals surface area contributed by atoms with Crippen molar-refractivity contribution >= 4 is 39.1 Å². The highest BCUT2D eigenvalue weighted by molar-refractivity contribution is 9.10. The summed E-state index contributed by atoms with van der Waals surface area (Å²) in [5.41, 5.74) is 2.91. The van der Waals surface area contributed by atoms with E-state index in [0.717, 1.165) is 22.9 Å². The van der Waals surface area contributed by atoms with E-state index in [-0.39, 0.29) is 30.4 Å². The Morgan fingerprint density at radius 1 is 1.12 bits per heavy atom. The van der Waals surface area contributed by atoms with Crippen molar-refractivity contribution in [3.63, 3.8) is 0 Å². The van der Waals surface area contributed by atoms with E-state index in [1.807, 2.05) is 49.1 Å². The molecule has 1 aliphatic rings. The van der Waals surface area contributed by atoms with Crippen molar-refractivity contribution in [1.82, 2.24) is 9.80 Å². The number of halogens is 1. The predicted molar refractivity (Wildman–Crippen MR) is 133 cm³/mol. The highest BCUT2D eigenvalue weighted by atomic mass is 79.9. The number of hydrogen-bond donors (Lipinski definition) is 0. The minimum absolute atomic E-state index is 0.0125. The second kappa shape index (κ2) is 10.0. The van der Waals surface area contributed by atoms with Crippen molar-refractivity contribution in [2.45, 2.75) is 38.8 Å². The lowest BCUT2D eigenvalue weighted by atomic mass is 9.93. The third kappa shape index (κ3) is 4.66. The van der Waals surface area contributed by atoms with Gasteiger partial charge in [0.1, 0.15) is 6.54 Å². The van der Waals surface area contributed by atoms with E-state index in [2.05, 4.69) is 39.5 Å². The molecule has 4 rings (SSSR count). The number of rotatable bonds is 6. The van der Waals surface area contributed by atoms with Crippen LogP contribution in [0.25, 0.3) is 0 Å². The number of nitrogens with zero attached hydrogens (tertiary/aromatic N) is 2. The molecule has 2 heterocycles. The van der Waals surface area contributed by atoms with Crippen LogP contribution in [0.1, 0.15) is 52.7 Å². The molecule has 6 heteroatoms. The summed E-state index contributed by atoms with van der Waals surface area (Å²) in [5.74, 6) is -0.119. The predicted octanol–water partition coefficient (Wildman–Crippen LogP) is 5.93. The summed E-state index contributed by atoms with van der Waals surface area (Å²) >= 11 is 5.18. The van der Waals surface area contributed by atoms with Gasteiger partial charge in [0.05, 0.1) is 6.04 Å². The molecule has 32 heavy (non-hydrogen) atoms. The smallest absolute Gasteiger partial charge is 0.254 e. The number of thiophene rings is 1. The van der Waals surface area contributed by atoms with Crippen LogP contribution in [0.2, 0.25) is 0 Å². The molecule has 2 amide bonds. The van der Waals surface area contributed by atoms with E-state index >= 15 is 0 Å². The van der Waals surface area contributed by atoms with Gasteiger partial charge in [-0.1, -0.05) is 53.2 Å². The number of hydrogen-bond acceptors (Lipinski definition) is 3. The summed E-state index contributed by atoms with van der Waals surface area (Å²) in [4.78, 5) is 32.0. The molecule has 0 bridgehead atoms. The van der Waals surface area contributed by atoms with Crippen molar-refractivity contribution in [3.05, 3.63) is 92.1 Å². The fraction of sp³-hybridized carbons (Fsp3) is 0.308. The molecule has 1 aliphatic heterocycles. The molecule has 2 aromatic carbocycles. The minimum Gasteiger partial charge on any atom is -0.330 e. The Hall–Kier alpha value is -2.44. The van der Waals surface area contributed by atoms with Gasteiger partial charge >= 0.3 is 0 Å². The molecule has 0 radical (unpaired) electrons. The Kier molecular flexibility index (Phi) is 7.11. The van der Waals surface area contributed by atoms with Crippen LogP contribution < -0.4 is 0 Å². The average Bonchev–Trinajstić information content (AvgIpc) is 3.31. The maximum absolute atomic E-state index is 13.7. The lowest BCUT2D eigenvalue weighted by Gasteiger charge is -2.38. The molecule has 0 spiro atoms. The zero-order valence-electron chi connectivity index (χ0n) is 18.3. The van der Waals surface area contributed by atoms with Crippen molar-refractivity contribution in [3.8, 4) is 0 Å². The topological polar surface area (TPSA) is 40.6 Å². The first-order valence-corrected chi connectivity index (χ1v) is 12.6. The van der Waals surface area contributed by atoms with Crippen LogP contribution >= 0.6 is 27.3 Å². The normalized spacial score (nSPS) is 16.3. The Labute approximate surface area is 202 Å². The Morgan fingerprint density at radius 2 is 1.84 bits per heavy atom. The van der Waals surface area contributed by atoms with E-state index in [1.165, 1.54) is 10.4 Å². The molecule has 0 fully saturated rings. The molecule has 0 aliphatic carbocycles. The Bertz CT molecular complexity index is 1080. The molecule has 0 saturated carbocycles. The van der Waals surface area contributed by atoms with Crippen LogP contribution in [0.4, 0.5) is 0 Å². The molecule has 3 aromatic rings. The lowest BCUT2D eigenvalue weighted by molar-refractivity contribution is -0.134. The third-order valence-corrected chi connectivity index (χ3v) is 7.71. The van der Waals surface area contributed by atoms with Gasteiger partial charge in [-0.15, -0.1) is 11.3 Å². The first kappa shape index (κ1) is 22.7. The second-order valence-electron chi connectivity index (χ2n) is 8.15. The van der Waals surface area contributed by atoms with Gasteiger partial charge < -0.3 is 9.80 Å². The molecule has 2 unspecified atom stereocenters. The van der Waals surface area contributed by atoms with Gasteiger partial charge in [-0.2, -0.15) is 0 Å². The summed E-state index contributed by atoms with van der Waals surface area (Å²) in [5, 5.41) is 2.11. The monoisotopic (exact) mass is 510 g/mol. The molecule has 166 valence electrons. The number of fused-ring (bicyclic) bond motifs is 1. The lowest BCUT2D eigenvalue weighted by Crippen LogP contribution is -2.49. The van der Waals surface area contributed by atoms with E-state index in [9.17, 15) is 9.59 Å². The van der Waals surface area contributed by atoms with Crippen molar-refractivity contribution in [2.75, 3.05) is 13.1 Å². The third-order valence-electron chi connectivity index (χ3n) is 6.18. The van der Waals surface area contributed by atoms with Gasteiger partial charge in [0.15, 0.2) is 0 Å². The summed E-state index contributed by atoms with van der Waals surface area (Å²) in [6, 6.07) is 19.5. The average molecular weight is 511 g/mol. The molecule has 1 aromatic heterocycles. The molecule has 2 atom stereocenters. The molecule has 0 N–H and O–H groups in total. The van der Waals surface area contributed by atoms with Crippen LogP contribution in [0, 0.1) is 0 Å². The molecular weight excluding hydrogens is 484 g/mol. The summed E-state index contributed by atoms with van der Waals surface area (Å²) < 4.78 is 0.922. The first-order chi connectivity index (χ1) is 15.5. The number of benzene rings is 2. The SMILES string of the molecule is CCC(C)N(CC(=O)N1CCc2sccc2C1c1ccccc1)C(=O)c1ccc(Br)cc1. The number of carbonyl (C=O) groups excluding carboxylic acids is 2. The van der Waals surface area contributed by atoms with E-state index in [1.54, 1.807) is 28.4 Å². The van der Waals surface area contributed by atoms with E-state index in [0.29, 0.717) is 12.1 Å². The Balaban J connectivity index is 1.62. The van der Waals surface area contributed by atoms with E-state index < -0.39 is 0 Å². The zero-order valence-corrected chi connectivity index (χ0v) is 20.7. The largest absolute Gasteiger partial charge is 0.330 e.